The summed E-state index contributed by atoms with van der Waals surface area (Å²) in [6.07, 6.45) is 1.54. The molecule has 0 aromatic heterocycles. The van der Waals surface area contributed by atoms with Crippen molar-refractivity contribution in [2.75, 3.05) is 29.0 Å². The maximum Gasteiger partial charge on any atom is 0.255 e. The van der Waals surface area contributed by atoms with Gasteiger partial charge in [-0.05, 0) is 67.8 Å². The van der Waals surface area contributed by atoms with Gasteiger partial charge in [-0.1, -0.05) is 0 Å². The number of hydrogen-bond donors (Lipinski definition) is 1. The molecule has 0 spiro atoms. The van der Waals surface area contributed by atoms with E-state index < -0.39 is 10.0 Å². The van der Waals surface area contributed by atoms with Crippen LogP contribution >= 0.6 is 0 Å². The van der Waals surface area contributed by atoms with Crippen LogP contribution in [0.2, 0.25) is 0 Å². The Kier molecular flexibility index (Phi) is 5.18. The zero-order chi connectivity index (χ0) is 18.7. The number of sulfonamides is 1. The van der Waals surface area contributed by atoms with Gasteiger partial charge in [0.15, 0.2) is 0 Å². The van der Waals surface area contributed by atoms with Crippen LogP contribution < -0.4 is 14.4 Å². The minimum Gasteiger partial charge on any atom is -0.497 e. The summed E-state index contributed by atoms with van der Waals surface area (Å²) in [5.41, 5.74) is 2.55. The monoisotopic (exact) mass is 374 g/mol. The molecule has 1 aliphatic heterocycles. The van der Waals surface area contributed by atoms with Crippen molar-refractivity contribution < 1.29 is 17.9 Å². The van der Waals surface area contributed by atoms with E-state index in [2.05, 4.69) is 5.32 Å². The smallest absolute Gasteiger partial charge is 0.255 e. The van der Waals surface area contributed by atoms with Crippen LogP contribution in [0.3, 0.4) is 0 Å². The van der Waals surface area contributed by atoms with Crippen LogP contribution in [0.25, 0.3) is 0 Å². The Morgan fingerprint density at radius 1 is 1.12 bits per heavy atom. The molecule has 0 radical (unpaired) electrons. The van der Waals surface area contributed by atoms with Crippen LogP contribution in [0.15, 0.2) is 42.5 Å². The third kappa shape index (κ3) is 3.83. The van der Waals surface area contributed by atoms with E-state index in [4.69, 9.17) is 4.74 Å². The molecule has 2 aromatic rings. The minimum atomic E-state index is -3.27. The predicted octanol–water partition coefficient (Wildman–Crippen LogP) is 3.19. The van der Waals surface area contributed by atoms with E-state index in [1.807, 2.05) is 6.92 Å². The van der Waals surface area contributed by atoms with Gasteiger partial charge in [0.1, 0.15) is 5.75 Å². The molecular formula is C19H22N2O4S. The molecule has 1 N–H and O–H groups in total. The van der Waals surface area contributed by atoms with E-state index in [0.717, 1.165) is 12.0 Å². The van der Waals surface area contributed by atoms with Crippen molar-refractivity contribution in [2.45, 2.75) is 19.8 Å². The summed E-state index contributed by atoms with van der Waals surface area (Å²) in [5, 5.41) is 2.83. The normalized spacial score (nSPS) is 16.2. The van der Waals surface area contributed by atoms with Gasteiger partial charge >= 0.3 is 0 Å². The predicted molar refractivity (Wildman–Crippen MR) is 102 cm³/mol. The van der Waals surface area contributed by atoms with Gasteiger partial charge in [0, 0.05) is 17.8 Å². The highest BCUT2D eigenvalue weighted by molar-refractivity contribution is 7.92. The molecule has 3 rings (SSSR count). The first kappa shape index (κ1) is 18.3. The quantitative estimate of drug-likeness (QED) is 0.892. The lowest BCUT2D eigenvalue weighted by atomic mass is 10.1. The van der Waals surface area contributed by atoms with E-state index in [9.17, 15) is 13.2 Å². The van der Waals surface area contributed by atoms with E-state index in [-0.39, 0.29) is 11.7 Å². The first-order valence-corrected chi connectivity index (χ1v) is 10.1. The highest BCUT2D eigenvalue weighted by atomic mass is 32.2. The molecule has 0 saturated carbocycles. The van der Waals surface area contributed by atoms with Gasteiger partial charge in [0.25, 0.3) is 5.91 Å². The fraction of sp³-hybridized carbons (Fsp3) is 0.316. The maximum atomic E-state index is 12.5. The van der Waals surface area contributed by atoms with E-state index in [1.165, 1.54) is 4.31 Å². The van der Waals surface area contributed by atoms with Gasteiger partial charge in [0.2, 0.25) is 10.0 Å². The third-order valence-electron chi connectivity index (χ3n) is 4.42. The zero-order valence-corrected chi connectivity index (χ0v) is 15.7. The molecule has 0 bridgehead atoms. The van der Waals surface area contributed by atoms with Gasteiger partial charge in [0.05, 0.1) is 18.6 Å². The Balaban J connectivity index is 1.79. The second-order valence-electron chi connectivity index (χ2n) is 6.28. The molecule has 1 amide bonds. The third-order valence-corrected chi connectivity index (χ3v) is 6.28. The fourth-order valence-electron chi connectivity index (χ4n) is 3.01. The van der Waals surface area contributed by atoms with Crippen molar-refractivity contribution >= 4 is 27.3 Å². The number of carbonyl (C=O) groups excluding carboxylic acids is 1. The summed E-state index contributed by atoms with van der Waals surface area (Å²) in [6, 6.07) is 12.2. The van der Waals surface area contributed by atoms with Crippen LogP contribution in [-0.4, -0.2) is 33.7 Å². The van der Waals surface area contributed by atoms with Crippen molar-refractivity contribution in [3.8, 4) is 5.75 Å². The van der Waals surface area contributed by atoms with Gasteiger partial charge in [-0.25, -0.2) is 8.42 Å². The van der Waals surface area contributed by atoms with Crippen LogP contribution in [0.5, 0.6) is 5.75 Å². The fourth-order valence-corrected chi connectivity index (χ4v) is 4.71. The number of nitrogens with zero attached hydrogens (tertiary/aromatic N) is 1. The number of methoxy groups -OCH3 is 1. The standard InChI is InChI=1S/C19H22N2O4S/c1-14-13-15(19(22)20-16-6-8-17(25-2)9-7-16)5-10-18(14)21-11-3-4-12-26(21,23)24/h5-10,13H,3-4,11-12H2,1-2H3,(H,20,22). The molecule has 2 aromatic carbocycles. The van der Waals surface area contributed by atoms with Crippen LogP contribution in [0.1, 0.15) is 28.8 Å². The summed E-state index contributed by atoms with van der Waals surface area (Å²) in [4.78, 5) is 12.5. The van der Waals surface area contributed by atoms with Crippen molar-refractivity contribution in [3.05, 3.63) is 53.6 Å². The molecule has 0 atom stereocenters. The Labute approximate surface area is 153 Å². The molecule has 1 heterocycles. The molecular weight excluding hydrogens is 352 g/mol. The lowest BCUT2D eigenvalue weighted by molar-refractivity contribution is 0.102. The topological polar surface area (TPSA) is 75.7 Å². The number of ether oxygens (including phenoxy) is 1. The second-order valence-corrected chi connectivity index (χ2v) is 8.29. The molecule has 0 unspecified atom stereocenters. The van der Waals surface area contributed by atoms with Crippen LogP contribution in [-0.2, 0) is 10.0 Å². The number of carbonyl (C=O) groups is 1. The number of amides is 1. The Morgan fingerprint density at radius 2 is 1.85 bits per heavy atom. The average molecular weight is 374 g/mol. The van der Waals surface area contributed by atoms with Gasteiger partial charge in [-0.15, -0.1) is 0 Å². The van der Waals surface area contributed by atoms with Crippen molar-refractivity contribution in [2.24, 2.45) is 0 Å². The molecule has 6 nitrogen and oxygen atoms in total. The second kappa shape index (κ2) is 7.37. The summed E-state index contributed by atoms with van der Waals surface area (Å²) in [6.45, 7) is 2.31. The Morgan fingerprint density at radius 3 is 2.46 bits per heavy atom. The highest BCUT2D eigenvalue weighted by Gasteiger charge is 2.27. The minimum absolute atomic E-state index is 0.173. The Bertz CT molecular complexity index is 908. The maximum absolute atomic E-state index is 12.5. The SMILES string of the molecule is COc1ccc(NC(=O)c2ccc(N3CCCCS3(=O)=O)c(C)c2)cc1. The van der Waals surface area contributed by atoms with Gasteiger partial charge in [-0.3, -0.25) is 9.10 Å². The largest absolute Gasteiger partial charge is 0.497 e. The number of benzene rings is 2. The van der Waals surface area contributed by atoms with Gasteiger partial charge < -0.3 is 10.1 Å². The van der Waals surface area contributed by atoms with Crippen LogP contribution in [0, 0.1) is 6.92 Å². The molecule has 7 heteroatoms. The average Bonchev–Trinajstić information content (AvgIpc) is 2.62. The highest BCUT2D eigenvalue weighted by Crippen LogP contribution is 2.28. The molecule has 1 saturated heterocycles. The number of anilines is 2. The van der Waals surface area contributed by atoms with E-state index in [0.29, 0.717) is 35.7 Å². The molecule has 0 aliphatic carbocycles. The zero-order valence-electron chi connectivity index (χ0n) is 14.9. The van der Waals surface area contributed by atoms with Gasteiger partial charge in [-0.2, -0.15) is 0 Å². The number of nitrogens with one attached hydrogen (secondary N) is 1. The Hall–Kier alpha value is -2.54. The van der Waals surface area contributed by atoms with Crippen LogP contribution in [0.4, 0.5) is 11.4 Å². The lowest BCUT2D eigenvalue weighted by Crippen LogP contribution is -2.38. The van der Waals surface area contributed by atoms with E-state index in [1.54, 1.807) is 49.6 Å². The first-order valence-electron chi connectivity index (χ1n) is 8.47. The van der Waals surface area contributed by atoms with Crippen molar-refractivity contribution in [1.82, 2.24) is 0 Å². The first-order chi connectivity index (χ1) is 12.4. The number of aryl methyl sites for hydroxylation is 1. The number of hydrogen-bond acceptors (Lipinski definition) is 4. The molecule has 1 fully saturated rings. The van der Waals surface area contributed by atoms with Crippen molar-refractivity contribution in [3.63, 3.8) is 0 Å². The lowest BCUT2D eigenvalue weighted by Gasteiger charge is -2.29. The summed E-state index contributed by atoms with van der Waals surface area (Å²) >= 11 is 0. The summed E-state index contributed by atoms with van der Waals surface area (Å²) < 4.78 is 31.1. The molecule has 26 heavy (non-hydrogen) atoms. The molecule has 1 aliphatic rings. The van der Waals surface area contributed by atoms with Crippen molar-refractivity contribution in [1.29, 1.82) is 0 Å². The summed E-state index contributed by atoms with van der Waals surface area (Å²) in [7, 11) is -1.68. The molecule has 138 valence electrons. The van der Waals surface area contributed by atoms with E-state index >= 15 is 0 Å². The number of rotatable bonds is 4. The summed E-state index contributed by atoms with van der Waals surface area (Å²) in [5.74, 6) is 0.642.